The minimum atomic E-state index is -0.302. The van der Waals surface area contributed by atoms with Crippen molar-refractivity contribution in [3.8, 4) is 6.07 Å². The van der Waals surface area contributed by atoms with Crippen LogP contribution in [-0.4, -0.2) is 30.1 Å². The highest BCUT2D eigenvalue weighted by atomic mass is 19.1. The molecule has 0 amide bonds. The van der Waals surface area contributed by atoms with Gasteiger partial charge in [0, 0.05) is 25.2 Å². The van der Waals surface area contributed by atoms with Crippen LogP contribution in [-0.2, 0) is 6.54 Å². The van der Waals surface area contributed by atoms with Gasteiger partial charge < -0.3 is 15.3 Å². The van der Waals surface area contributed by atoms with Gasteiger partial charge in [0.05, 0.1) is 23.0 Å². The Morgan fingerprint density at radius 1 is 1.30 bits per heavy atom. The third-order valence-electron chi connectivity index (χ3n) is 4.85. The van der Waals surface area contributed by atoms with E-state index < -0.39 is 0 Å². The zero-order valence-corrected chi connectivity index (χ0v) is 15.2. The van der Waals surface area contributed by atoms with Crippen molar-refractivity contribution in [2.75, 3.05) is 23.3 Å². The Bertz CT molecular complexity index is 883. The minimum Gasteiger partial charge on any atom is -0.393 e. The summed E-state index contributed by atoms with van der Waals surface area (Å²) >= 11 is 0. The first kappa shape index (κ1) is 18.9. The van der Waals surface area contributed by atoms with Gasteiger partial charge in [0.25, 0.3) is 0 Å². The lowest BCUT2D eigenvalue weighted by Gasteiger charge is -2.31. The molecule has 0 aromatic heterocycles. The highest BCUT2D eigenvalue weighted by molar-refractivity contribution is 5.95. The van der Waals surface area contributed by atoms with E-state index >= 15 is 0 Å². The Balaban J connectivity index is 1.72. The molecule has 2 N–H and O–H groups in total. The lowest BCUT2D eigenvalue weighted by Crippen LogP contribution is -2.36. The Labute approximate surface area is 158 Å². The molecule has 27 heavy (non-hydrogen) atoms. The van der Waals surface area contributed by atoms with E-state index in [9.17, 15) is 19.6 Å². The van der Waals surface area contributed by atoms with Crippen molar-refractivity contribution in [2.24, 2.45) is 0 Å². The van der Waals surface area contributed by atoms with E-state index in [1.807, 2.05) is 11.0 Å². The number of Topliss-reactive ketones (excluding diaryl/α,β-unsaturated/α-hetero) is 1. The number of benzene rings is 2. The van der Waals surface area contributed by atoms with Gasteiger partial charge in [-0.15, -0.1) is 0 Å². The zero-order valence-electron chi connectivity index (χ0n) is 15.2. The number of nitriles is 1. The Morgan fingerprint density at radius 3 is 2.67 bits per heavy atom. The van der Waals surface area contributed by atoms with Crippen molar-refractivity contribution in [1.82, 2.24) is 0 Å². The number of aliphatic hydroxyl groups excluding tert-OH is 1. The molecule has 1 saturated heterocycles. The van der Waals surface area contributed by atoms with Gasteiger partial charge in [-0.25, -0.2) is 4.39 Å². The van der Waals surface area contributed by atoms with E-state index in [2.05, 4.69) is 11.4 Å². The highest BCUT2D eigenvalue weighted by Gasteiger charge is 2.19. The topological polar surface area (TPSA) is 76.4 Å². The number of anilines is 2. The van der Waals surface area contributed by atoms with E-state index in [-0.39, 0.29) is 17.7 Å². The molecule has 3 rings (SSSR count). The van der Waals surface area contributed by atoms with Crippen LogP contribution in [0.3, 0.4) is 0 Å². The van der Waals surface area contributed by atoms with Crippen LogP contribution in [0, 0.1) is 17.1 Å². The summed E-state index contributed by atoms with van der Waals surface area (Å²) in [6, 6.07) is 12.0. The average Bonchev–Trinajstić information content (AvgIpc) is 2.67. The number of aliphatic hydroxyl groups is 1. The second kappa shape index (κ2) is 8.19. The fraction of sp³-hybridized carbons (Fsp3) is 0.333. The third-order valence-corrected chi connectivity index (χ3v) is 4.85. The largest absolute Gasteiger partial charge is 0.393 e. The molecule has 0 saturated carbocycles. The molecule has 1 heterocycles. The zero-order chi connectivity index (χ0) is 19.4. The predicted molar refractivity (Wildman–Crippen MR) is 102 cm³/mol. The quantitative estimate of drug-likeness (QED) is 0.792. The minimum absolute atomic E-state index is 0.0791. The molecule has 2 aromatic carbocycles. The molecule has 1 aliphatic rings. The fourth-order valence-corrected chi connectivity index (χ4v) is 3.23. The monoisotopic (exact) mass is 367 g/mol. The number of halogens is 1. The number of rotatable bonds is 5. The molecule has 0 radical (unpaired) electrons. The predicted octanol–water partition coefficient (Wildman–Crippen LogP) is 3.47. The van der Waals surface area contributed by atoms with E-state index in [0.29, 0.717) is 55.0 Å². The van der Waals surface area contributed by atoms with Crippen molar-refractivity contribution in [3.63, 3.8) is 0 Å². The molecule has 0 atom stereocenters. The van der Waals surface area contributed by atoms with Gasteiger partial charge in [0.2, 0.25) is 0 Å². The number of ketones is 1. The molecular weight excluding hydrogens is 345 g/mol. The van der Waals surface area contributed by atoms with Gasteiger partial charge >= 0.3 is 0 Å². The summed E-state index contributed by atoms with van der Waals surface area (Å²) in [4.78, 5) is 13.5. The smallest absolute Gasteiger partial charge is 0.159 e. The van der Waals surface area contributed by atoms with Crippen LogP contribution in [0.5, 0.6) is 0 Å². The lowest BCUT2D eigenvalue weighted by atomic mass is 10.1. The molecule has 0 spiro atoms. The molecule has 1 fully saturated rings. The van der Waals surface area contributed by atoms with Gasteiger partial charge in [-0.2, -0.15) is 5.26 Å². The Kier molecular flexibility index (Phi) is 5.72. The first-order valence-electron chi connectivity index (χ1n) is 8.98. The van der Waals surface area contributed by atoms with Gasteiger partial charge in [-0.1, -0.05) is 6.07 Å². The van der Waals surface area contributed by atoms with E-state index in [1.54, 1.807) is 24.3 Å². The van der Waals surface area contributed by atoms with Crippen LogP contribution in [0.4, 0.5) is 15.8 Å². The summed E-state index contributed by atoms with van der Waals surface area (Å²) in [6.45, 7) is 3.09. The lowest BCUT2D eigenvalue weighted by molar-refractivity contribution is 0.101. The van der Waals surface area contributed by atoms with Crippen LogP contribution in [0.1, 0.15) is 41.3 Å². The number of carbonyl (C=O) groups is 1. The summed E-state index contributed by atoms with van der Waals surface area (Å²) in [5, 5.41) is 21.9. The number of carbonyl (C=O) groups excluding carboxylic acids is 1. The summed E-state index contributed by atoms with van der Waals surface area (Å²) < 4.78 is 14.5. The average molecular weight is 367 g/mol. The second-order valence-electron chi connectivity index (χ2n) is 6.79. The Hall–Kier alpha value is -2.91. The molecule has 2 aromatic rings. The van der Waals surface area contributed by atoms with Gasteiger partial charge in [-0.3, -0.25) is 4.79 Å². The van der Waals surface area contributed by atoms with Crippen LogP contribution >= 0.6 is 0 Å². The number of nitrogens with zero attached hydrogens (tertiary/aromatic N) is 2. The molecule has 6 heteroatoms. The maximum Gasteiger partial charge on any atom is 0.159 e. The SMILES string of the molecule is CC(=O)c1ccc(C#N)c(NCc2ccc(N3CCC(O)CC3)c(F)c2)c1. The maximum absolute atomic E-state index is 14.5. The first-order chi connectivity index (χ1) is 13.0. The molecule has 140 valence electrons. The van der Waals surface area contributed by atoms with Gasteiger partial charge in [-0.05, 0) is 55.7 Å². The van der Waals surface area contributed by atoms with Gasteiger partial charge in [0.1, 0.15) is 11.9 Å². The Morgan fingerprint density at radius 2 is 2.04 bits per heavy atom. The van der Waals surface area contributed by atoms with Crippen molar-refractivity contribution in [2.45, 2.75) is 32.4 Å². The summed E-state index contributed by atoms with van der Waals surface area (Å²) in [7, 11) is 0. The normalized spacial score (nSPS) is 14.7. The fourth-order valence-electron chi connectivity index (χ4n) is 3.23. The number of hydrogen-bond donors (Lipinski definition) is 2. The van der Waals surface area contributed by atoms with Crippen LogP contribution in [0.2, 0.25) is 0 Å². The van der Waals surface area contributed by atoms with Gasteiger partial charge in [0.15, 0.2) is 5.78 Å². The number of hydrogen-bond acceptors (Lipinski definition) is 5. The van der Waals surface area contributed by atoms with Crippen LogP contribution in [0.15, 0.2) is 36.4 Å². The third kappa shape index (κ3) is 4.44. The molecular formula is C21H22FN3O2. The van der Waals surface area contributed by atoms with Crippen molar-refractivity contribution in [1.29, 1.82) is 5.26 Å². The number of piperidine rings is 1. The molecule has 5 nitrogen and oxygen atoms in total. The molecule has 0 bridgehead atoms. The molecule has 1 aliphatic heterocycles. The highest BCUT2D eigenvalue weighted by Crippen LogP contribution is 2.25. The van der Waals surface area contributed by atoms with Crippen molar-refractivity contribution < 1.29 is 14.3 Å². The van der Waals surface area contributed by atoms with Crippen LogP contribution < -0.4 is 10.2 Å². The second-order valence-corrected chi connectivity index (χ2v) is 6.79. The van der Waals surface area contributed by atoms with Crippen molar-refractivity contribution in [3.05, 3.63) is 58.9 Å². The van der Waals surface area contributed by atoms with Crippen LogP contribution in [0.25, 0.3) is 0 Å². The maximum atomic E-state index is 14.5. The van der Waals surface area contributed by atoms with E-state index in [0.717, 1.165) is 5.56 Å². The van der Waals surface area contributed by atoms with E-state index in [4.69, 9.17) is 0 Å². The first-order valence-corrected chi connectivity index (χ1v) is 8.98. The van der Waals surface area contributed by atoms with E-state index in [1.165, 1.54) is 13.0 Å². The standard InChI is InChI=1S/C21H22FN3O2/c1-14(26)16-3-4-17(12-23)20(11-16)24-13-15-2-5-21(19(22)10-15)25-8-6-18(27)7-9-25/h2-5,10-11,18,24,27H,6-9,13H2,1H3. The summed E-state index contributed by atoms with van der Waals surface area (Å²) in [6.07, 6.45) is 0.992. The molecule has 0 aliphatic carbocycles. The van der Waals surface area contributed by atoms with Crippen molar-refractivity contribution >= 4 is 17.2 Å². The summed E-state index contributed by atoms with van der Waals surface area (Å²) in [5.74, 6) is -0.381. The number of nitrogens with one attached hydrogen (secondary N) is 1. The summed E-state index contributed by atoms with van der Waals surface area (Å²) in [5.41, 5.74) is 2.79. The molecule has 0 unspecified atom stereocenters.